The fourth-order valence-corrected chi connectivity index (χ4v) is 5.66. The molecule has 1 aliphatic carbocycles. The van der Waals surface area contributed by atoms with Crippen molar-refractivity contribution in [1.82, 2.24) is 19.9 Å². The van der Waals surface area contributed by atoms with E-state index in [-0.39, 0.29) is 5.82 Å². The first-order valence-electron chi connectivity index (χ1n) is 13.6. The number of likely N-dealkylation sites (tertiary alicyclic amines) is 1. The number of nitriles is 1. The van der Waals surface area contributed by atoms with Crippen LogP contribution in [0.3, 0.4) is 0 Å². The summed E-state index contributed by atoms with van der Waals surface area (Å²) in [6, 6.07) is 26.3. The molecule has 38 heavy (non-hydrogen) atoms. The number of anilines is 1. The first-order valence-corrected chi connectivity index (χ1v) is 13.6. The lowest BCUT2D eigenvalue weighted by molar-refractivity contribution is 0.211. The smallest absolute Gasteiger partial charge is 0.234 e. The topological polar surface area (TPSA) is 77.7 Å². The molecule has 2 aromatic carbocycles. The first kappa shape index (κ1) is 24.3. The van der Waals surface area contributed by atoms with Gasteiger partial charge in [-0.3, -0.25) is 9.88 Å². The molecule has 6 rings (SSSR count). The van der Waals surface area contributed by atoms with Crippen LogP contribution in [0, 0.1) is 11.3 Å². The minimum absolute atomic E-state index is 0.206. The molecule has 6 nitrogen and oxygen atoms in total. The van der Waals surface area contributed by atoms with Gasteiger partial charge in [0.25, 0.3) is 0 Å². The lowest BCUT2D eigenvalue weighted by atomic mass is 9.90. The quantitative estimate of drug-likeness (QED) is 0.348. The van der Waals surface area contributed by atoms with Gasteiger partial charge in [-0.1, -0.05) is 54.6 Å². The molecule has 0 saturated carbocycles. The zero-order chi connectivity index (χ0) is 25.7. The van der Waals surface area contributed by atoms with Crippen LogP contribution in [0.15, 0.2) is 72.9 Å². The van der Waals surface area contributed by atoms with Gasteiger partial charge in [-0.2, -0.15) is 5.26 Å². The number of hydrogen-bond acceptors (Lipinski definition) is 6. The molecule has 3 heterocycles. The summed E-state index contributed by atoms with van der Waals surface area (Å²) in [4.78, 5) is 15.9. The Morgan fingerprint density at radius 2 is 1.68 bits per heavy atom. The zero-order valence-corrected chi connectivity index (χ0v) is 21.6. The molecule has 1 N–H and O–H groups in total. The SMILES string of the molecule is N#Cc1nccc(NC2CCN(Cc3ccc(-c4nc5c(cc4-c4ccccc4)CCCC5)cc3)CC2)n1. The van der Waals surface area contributed by atoms with Gasteiger partial charge in [-0.15, -0.1) is 0 Å². The van der Waals surface area contributed by atoms with Crippen molar-refractivity contribution in [3.63, 3.8) is 0 Å². The monoisotopic (exact) mass is 500 g/mol. The zero-order valence-electron chi connectivity index (χ0n) is 21.6. The second-order valence-electron chi connectivity index (χ2n) is 10.3. The van der Waals surface area contributed by atoms with Gasteiger partial charge in [0.05, 0.1) is 5.69 Å². The number of aromatic nitrogens is 3. The third-order valence-electron chi connectivity index (χ3n) is 7.71. The van der Waals surface area contributed by atoms with Crippen LogP contribution in [0.1, 0.15) is 48.3 Å². The number of rotatable bonds is 6. The van der Waals surface area contributed by atoms with E-state index in [1.165, 1.54) is 46.4 Å². The molecule has 1 aliphatic heterocycles. The average Bonchev–Trinajstić information content (AvgIpc) is 2.98. The number of piperidine rings is 1. The Labute approximate surface area is 224 Å². The summed E-state index contributed by atoms with van der Waals surface area (Å²) >= 11 is 0. The molecule has 2 aromatic heterocycles. The van der Waals surface area contributed by atoms with E-state index >= 15 is 0 Å². The Balaban J connectivity index is 1.13. The molecule has 0 radical (unpaired) electrons. The normalized spacial score (nSPS) is 16.0. The summed E-state index contributed by atoms with van der Waals surface area (Å²) in [5.41, 5.74) is 8.77. The summed E-state index contributed by atoms with van der Waals surface area (Å²) in [6.45, 7) is 3.00. The van der Waals surface area contributed by atoms with Gasteiger partial charge < -0.3 is 5.32 Å². The van der Waals surface area contributed by atoms with E-state index in [1.54, 1.807) is 6.20 Å². The Bertz CT molecular complexity index is 1430. The van der Waals surface area contributed by atoms with Gasteiger partial charge >= 0.3 is 0 Å². The van der Waals surface area contributed by atoms with E-state index < -0.39 is 0 Å². The van der Waals surface area contributed by atoms with Crippen LogP contribution in [0.4, 0.5) is 5.82 Å². The van der Waals surface area contributed by atoms with Gasteiger partial charge in [-0.25, -0.2) is 9.97 Å². The fourth-order valence-electron chi connectivity index (χ4n) is 5.66. The number of fused-ring (bicyclic) bond motifs is 1. The van der Waals surface area contributed by atoms with Gasteiger partial charge in [0.15, 0.2) is 0 Å². The van der Waals surface area contributed by atoms with E-state index in [1.807, 2.05) is 12.1 Å². The number of benzene rings is 2. The summed E-state index contributed by atoms with van der Waals surface area (Å²) in [5.74, 6) is 0.939. The highest BCUT2D eigenvalue weighted by Gasteiger charge is 2.20. The van der Waals surface area contributed by atoms with E-state index in [9.17, 15) is 0 Å². The second kappa shape index (κ2) is 11.1. The molecule has 0 amide bonds. The molecule has 0 spiro atoms. The highest BCUT2D eigenvalue weighted by Crippen LogP contribution is 2.35. The largest absolute Gasteiger partial charge is 0.367 e. The van der Waals surface area contributed by atoms with Crippen molar-refractivity contribution in [3.05, 3.63) is 95.6 Å². The molecule has 1 fully saturated rings. The van der Waals surface area contributed by atoms with Crippen LogP contribution < -0.4 is 5.32 Å². The maximum atomic E-state index is 9.02. The van der Waals surface area contributed by atoms with Crippen LogP contribution in [-0.2, 0) is 19.4 Å². The van der Waals surface area contributed by atoms with Crippen LogP contribution >= 0.6 is 0 Å². The summed E-state index contributed by atoms with van der Waals surface area (Å²) in [5, 5.41) is 12.5. The van der Waals surface area contributed by atoms with Crippen LogP contribution in [-0.4, -0.2) is 39.0 Å². The molecule has 6 heteroatoms. The van der Waals surface area contributed by atoms with E-state index in [2.05, 4.69) is 80.8 Å². The molecular formula is C32H32N6. The molecule has 2 aliphatic rings. The average molecular weight is 501 g/mol. The second-order valence-corrected chi connectivity index (χ2v) is 10.3. The summed E-state index contributed by atoms with van der Waals surface area (Å²) in [7, 11) is 0. The maximum absolute atomic E-state index is 9.02. The predicted octanol–water partition coefficient (Wildman–Crippen LogP) is 6.03. The third-order valence-corrected chi connectivity index (χ3v) is 7.71. The lowest BCUT2D eigenvalue weighted by Gasteiger charge is -2.32. The Hall–Kier alpha value is -4.08. The molecule has 0 atom stereocenters. The molecule has 4 aromatic rings. The first-order chi connectivity index (χ1) is 18.7. The molecule has 0 unspecified atom stereocenters. The van der Waals surface area contributed by atoms with Gasteiger partial charge in [0.1, 0.15) is 11.9 Å². The predicted molar refractivity (Wildman–Crippen MR) is 150 cm³/mol. The standard InChI is InChI=1S/C32H32N6/c33-21-31-34-17-14-30(37-31)35-27-15-18-38(19-16-27)22-23-10-12-25(13-11-23)32-28(24-6-2-1-3-7-24)20-26-8-4-5-9-29(26)36-32/h1-3,6-7,10-14,17,20,27H,4-5,8-9,15-16,18-19,22H2,(H,34,35,37). The molecule has 0 bridgehead atoms. The number of nitrogens with zero attached hydrogens (tertiary/aromatic N) is 5. The van der Waals surface area contributed by atoms with Crippen LogP contribution in [0.5, 0.6) is 0 Å². The number of aryl methyl sites for hydroxylation is 2. The number of pyridine rings is 1. The third kappa shape index (κ3) is 5.44. The minimum Gasteiger partial charge on any atom is -0.367 e. The van der Waals surface area contributed by atoms with E-state index in [0.29, 0.717) is 6.04 Å². The number of hydrogen-bond donors (Lipinski definition) is 1. The maximum Gasteiger partial charge on any atom is 0.234 e. The van der Waals surface area contributed by atoms with Gasteiger partial charge in [0, 0.05) is 48.7 Å². The van der Waals surface area contributed by atoms with Crippen molar-refractivity contribution in [2.45, 2.75) is 51.1 Å². The van der Waals surface area contributed by atoms with Crippen molar-refractivity contribution >= 4 is 5.82 Å². The van der Waals surface area contributed by atoms with Crippen molar-refractivity contribution < 1.29 is 0 Å². The van der Waals surface area contributed by atoms with Crippen molar-refractivity contribution in [3.8, 4) is 28.5 Å². The number of nitrogens with one attached hydrogen (secondary N) is 1. The van der Waals surface area contributed by atoms with Crippen molar-refractivity contribution in [1.29, 1.82) is 5.26 Å². The van der Waals surface area contributed by atoms with Crippen molar-refractivity contribution in [2.75, 3.05) is 18.4 Å². The van der Waals surface area contributed by atoms with E-state index in [4.69, 9.17) is 10.2 Å². The summed E-state index contributed by atoms with van der Waals surface area (Å²) in [6.07, 6.45) is 8.43. The fraction of sp³-hybridized carbons (Fsp3) is 0.312. The van der Waals surface area contributed by atoms with Gasteiger partial charge in [-0.05, 0) is 67.3 Å². The molecular weight excluding hydrogens is 468 g/mol. The van der Waals surface area contributed by atoms with Crippen molar-refractivity contribution in [2.24, 2.45) is 0 Å². The highest BCUT2D eigenvalue weighted by atomic mass is 15.1. The Morgan fingerprint density at radius 3 is 2.47 bits per heavy atom. The molecule has 190 valence electrons. The van der Waals surface area contributed by atoms with Gasteiger partial charge in [0.2, 0.25) is 5.82 Å². The molecule has 1 saturated heterocycles. The minimum atomic E-state index is 0.206. The summed E-state index contributed by atoms with van der Waals surface area (Å²) < 4.78 is 0. The Morgan fingerprint density at radius 1 is 0.895 bits per heavy atom. The Kier molecular flexibility index (Phi) is 7.10. The highest BCUT2D eigenvalue weighted by molar-refractivity contribution is 5.81. The lowest BCUT2D eigenvalue weighted by Crippen LogP contribution is -2.38. The van der Waals surface area contributed by atoms with E-state index in [0.717, 1.165) is 56.8 Å². The van der Waals surface area contributed by atoms with Crippen LogP contribution in [0.2, 0.25) is 0 Å². The van der Waals surface area contributed by atoms with Crippen LogP contribution in [0.25, 0.3) is 22.4 Å².